The first-order valence-electron chi connectivity index (χ1n) is 8.84. The summed E-state index contributed by atoms with van der Waals surface area (Å²) in [6.45, 7) is 6.27. The zero-order valence-corrected chi connectivity index (χ0v) is 15.5. The number of fused-ring (bicyclic) bond motifs is 1. The van der Waals surface area contributed by atoms with Crippen LogP contribution in [0.25, 0.3) is 11.0 Å². The molecule has 27 heavy (non-hydrogen) atoms. The van der Waals surface area contributed by atoms with Crippen LogP contribution in [0.2, 0.25) is 0 Å². The van der Waals surface area contributed by atoms with E-state index >= 15 is 0 Å². The predicted octanol–water partition coefficient (Wildman–Crippen LogP) is 4.93. The second-order valence-electron chi connectivity index (χ2n) is 6.95. The van der Waals surface area contributed by atoms with Crippen LogP contribution in [0.5, 0.6) is 0 Å². The molecule has 0 saturated carbocycles. The van der Waals surface area contributed by atoms with Gasteiger partial charge < -0.3 is 9.73 Å². The lowest BCUT2D eigenvalue weighted by molar-refractivity contribution is -0.120. The van der Waals surface area contributed by atoms with Crippen molar-refractivity contribution in [2.75, 3.05) is 0 Å². The Hall–Kier alpha value is -3.13. The number of rotatable bonds is 5. The van der Waals surface area contributed by atoms with Gasteiger partial charge in [-0.05, 0) is 42.2 Å². The van der Waals surface area contributed by atoms with Crippen molar-refractivity contribution < 1.29 is 13.6 Å². The molecule has 1 heterocycles. The maximum Gasteiger partial charge on any atom is 0.225 e. The van der Waals surface area contributed by atoms with Crippen LogP contribution < -0.4 is 5.32 Å². The minimum Gasteiger partial charge on any atom is -0.464 e. The lowest BCUT2D eigenvalue weighted by Gasteiger charge is -2.13. The monoisotopic (exact) mass is 364 g/mol. The number of carbonyl (C=O) groups excluding carboxylic acids is 1. The van der Waals surface area contributed by atoms with E-state index in [1.165, 1.54) is 17.7 Å². The van der Waals surface area contributed by atoms with Gasteiger partial charge in [0.25, 0.3) is 0 Å². The summed E-state index contributed by atoms with van der Waals surface area (Å²) in [7, 11) is 0. The van der Waals surface area contributed by atoms with E-state index in [9.17, 15) is 14.4 Å². The molecular weight excluding hydrogens is 343 g/mol. The molecule has 0 spiro atoms. The number of hydrogen-bond acceptors (Lipinski definition) is 3. The summed E-state index contributed by atoms with van der Waals surface area (Å²) in [4.78, 5) is 12.5. The first-order chi connectivity index (χ1) is 12.9. The Kier molecular flexibility index (Phi) is 5.27. The van der Waals surface area contributed by atoms with E-state index in [4.69, 9.17) is 4.42 Å². The van der Waals surface area contributed by atoms with E-state index < -0.39 is 11.9 Å². The number of nitrogens with zero attached hydrogens (tertiary/aromatic N) is 1. The van der Waals surface area contributed by atoms with Gasteiger partial charge in [-0.1, -0.05) is 32.0 Å². The van der Waals surface area contributed by atoms with Gasteiger partial charge in [0, 0.05) is 16.5 Å². The van der Waals surface area contributed by atoms with Crippen molar-refractivity contribution in [2.45, 2.75) is 39.2 Å². The van der Waals surface area contributed by atoms with E-state index in [-0.39, 0.29) is 17.9 Å². The number of halogens is 1. The molecule has 2 aromatic carbocycles. The molecule has 1 amide bonds. The number of nitrogens with one attached hydrogen (secondary N) is 1. The third-order valence-corrected chi connectivity index (χ3v) is 4.67. The summed E-state index contributed by atoms with van der Waals surface area (Å²) >= 11 is 0. The molecule has 1 N–H and O–H groups in total. The first kappa shape index (κ1) is 18.7. The van der Waals surface area contributed by atoms with Gasteiger partial charge >= 0.3 is 0 Å². The fourth-order valence-electron chi connectivity index (χ4n) is 3.28. The van der Waals surface area contributed by atoms with Crippen LogP contribution in [-0.2, 0) is 11.2 Å². The highest BCUT2D eigenvalue weighted by Crippen LogP contribution is 2.29. The number of hydrogen-bond donors (Lipinski definition) is 1. The quantitative estimate of drug-likeness (QED) is 0.698. The fourth-order valence-corrected chi connectivity index (χ4v) is 3.28. The van der Waals surface area contributed by atoms with Gasteiger partial charge in [0.1, 0.15) is 17.4 Å². The van der Waals surface area contributed by atoms with Gasteiger partial charge in [0.15, 0.2) is 0 Å². The molecule has 0 saturated heterocycles. The molecule has 3 rings (SSSR count). The summed E-state index contributed by atoms with van der Waals surface area (Å²) in [5.41, 5.74) is 3.97. The van der Waals surface area contributed by atoms with Gasteiger partial charge in [-0.25, -0.2) is 4.39 Å². The molecule has 0 aliphatic rings. The Morgan fingerprint density at radius 2 is 2.00 bits per heavy atom. The first-order valence-corrected chi connectivity index (χ1v) is 8.84. The average Bonchev–Trinajstić information content (AvgIpc) is 3.01. The highest BCUT2D eigenvalue weighted by Gasteiger charge is 2.19. The molecule has 3 aromatic rings. The Morgan fingerprint density at radius 3 is 2.67 bits per heavy atom. The van der Waals surface area contributed by atoms with Crippen LogP contribution in [0.15, 0.2) is 47.1 Å². The van der Waals surface area contributed by atoms with Crippen LogP contribution in [0, 0.1) is 24.1 Å². The summed E-state index contributed by atoms with van der Waals surface area (Å²) < 4.78 is 19.5. The lowest BCUT2D eigenvalue weighted by atomic mass is 9.95. The minimum atomic E-state index is -1.04. The zero-order valence-electron chi connectivity index (χ0n) is 15.5. The normalized spacial score (nSPS) is 12.1. The van der Waals surface area contributed by atoms with E-state index in [0.717, 1.165) is 22.1 Å². The number of amides is 1. The summed E-state index contributed by atoms with van der Waals surface area (Å²) in [5.74, 6) is -0.524. The number of nitriles is 1. The zero-order chi connectivity index (χ0) is 19.6. The summed E-state index contributed by atoms with van der Waals surface area (Å²) in [6, 6.07) is 10.9. The molecule has 0 aliphatic carbocycles. The molecule has 0 aliphatic heterocycles. The van der Waals surface area contributed by atoms with Gasteiger partial charge in [0.05, 0.1) is 18.8 Å². The molecule has 1 atom stereocenters. The molecular formula is C22H21FN2O2. The lowest BCUT2D eigenvalue weighted by Crippen LogP contribution is -2.29. The number of benzene rings is 2. The molecule has 4 nitrogen and oxygen atoms in total. The molecule has 0 radical (unpaired) electrons. The fraction of sp³-hybridized carbons (Fsp3) is 0.273. The predicted molar refractivity (Wildman–Crippen MR) is 102 cm³/mol. The van der Waals surface area contributed by atoms with Gasteiger partial charge in [0.2, 0.25) is 5.91 Å². The Bertz CT molecular complexity index is 1030. The standard InChI is InChI=1S/C22H21FN2O2/c1-13(2)17-10-18-15(12-27-21(18)8-14(17)3)9-22(26)25-20(11-24)16-6-4-5-7-19(16)23/h4-8,10,12-13,20H,9H2,1-3H3,(H,25,26). The van der Waals surface area contributed by atoms with E-state index in [2.05, 4.69) is 25.2 Å². The van der Waals surface area contributed by atoms with Crippen molar-refractivity contribution in [1.29, 1.82) is 5.26 Å². The van der Waals surface area contributed by atoms with Gasteiger partial charge in [-0.15, -0.1) is 0 Å². The highest BCUT2D eigenvalue weighted by molar-refractivity contribution is 5.88. The van der Waals surface area contributed by atoms with Crippen molar-refractivity contribution in [3.8, 4) is 6.07 Å². The maximum absolute atomic E-state index is 13.9. The van der Waals surface area contributed by atoms with Crippen molar-refractivity contribution in [1.82, 2.24) is 5.32 Å². The Morgan fingerprint density at radius 1 is 1.26 bits per heavy atom. The van der Waals surface area contributed by atoms with E-state index in [1.807, 2.05) is 19.1 Å². The van der Waals surface area contributed by atoms with Crippen LogP contribution in [-0.4, -0.2) is 5.91 Å². The third kappa shape index (κ3) is 3.85. The molecule has 138 valence electrons. The highest BCUT2D eigenvalue weighted by atomic mass is 19.1. The topological polar surface area (TPSA) is 66.0 Å². The molecule has 5 heteroatoms. The van der Waals surface area contributed by atoms with Gasteiger partial charge in [-0.3, -0.25) is 4.79 Å². The maximum atomic E-state index is 13.9. The third-order valence-electron chi connectivity index (χ3n) is 4.67. The van der Waals surface area contributed by atoms with Crippen LogP contribution in [0.4, 0.5) is 4.39 Å². The van der Waals surface area contributed by atoms with Crippen molar-refractivity contribution in [3.63, 3.8) is 0 Å². The molecule has 1 unspecified atom stereocenters. The number of furan rings is 1. The summed E-state index contributed by atoms with van der Waals surface area (Å²) in [5, 5.41) is 12.8. The smallest absolute Gasteiger partial charge is 0.225 e. The Labute approximate surface area is 157 Å². The summed E-state index contributed by atoms with van der Waals surface area (Å²) in [6.07, 6.45) is 1.62. The molecule has 0 fully saturated rings. The second kappa shape index (κ2) is 7.63. The average molecular weight is 364 g/mol. The van der Waals surface area contributed by atoms with E-state index in [1.54, 1.807) is 18.4 Å². The largest absolute Gasteiger partial charge is 0.464 e. The van der Waals surface area contributed by atoms with Crippen LogP contribution in [0.1, 0.15) is 48.1 Å². The minimum absolute atomic E-state index is 0.0558. The van der Waals surface area contributed by atoms with E-state index in [0.29, 0.717) is 5.92 Å². The second-order valence-corrected chi connectivity index (χ2v) is 6.95. The number of aryl methyl sites for hydroxylation is 1. The van der Waals surface area contributed by atoms with Crippen LogP contribution in [0.3, 0.4) is 0 Å². The number of carbonyl (C=O) groups is 1. The Balaban J connectivity index is 1.83. The van der Waals surface area contributed by atoms with Crippen molar-refractivity contribution >= 4 is 16.9 Å². The molecule has 0 bridgehead atoms. The van der Waals surface area contributed by atoms with Crippen LogP contribution >= 0.6 is 0 Å². The van der Waals surface area contributed by atoms with Gasteiger partial charge in [-0.2, -0.15) is 5.26 Å². The van der Waals surface area contributed by atoms with Crippen molar-refractivity contribution in [2.24, 2.45) is 0 Å². The SMILES string of the molecule is Cc1cc2occ(CC(=O)NC(C#N)c3ccccc3F)c2cc1C(C)C. The van der Waals surface area contributed by atoms with Crippen molar-refractivity contribution in [3.05, 3.63) is 70.7 Å². The molecule has 1 aromatic heterocycles.